The van der Waals surface area contributed by atoms with E-state index in [0.717, 1.165) is 16.8 Å². The van der Waals surface area contributed by atoms with Crippen LogP contribution >= 0.6 is 0 Å². The average molecular weight is 404 g/mol. The van der Waals surface area contributed by atoms with Crippen LogP contribution in [0.1, 0.15) is 23.2 Å². The standard InChI is InChI=1S/C20H25N3O4S/c1-28(25,26)23-12-13-27-19-7-5-16(14-17(19)15-23)6-8-20(24)22-11-9-18-4-2-3-10-21-18/h2-5,7,10,14H,6,8-9,11-13,15H2,1H3,(H,22,24). The maximum Gasteiger partial charge on any atom is 0.220 e. The molecule has 3 rings (SSSR count). The van der Waals surface area contributed by atoms with Gasteiger partial charge >= 0.3 is 0 Å². The topological polar surface area (TPSA) is 88.6 Å². The molecule has 0 radical (unpaired) electrons. The maximum absolute atomic E-state index is 12.1. The summed E-state index contributed by atoms with van der Waals surface area (Å²) >= 11 is 0. The number of carbonyl (C=O) groups excluding carboxylic acids is 1. The third-order valence-electron chi connectivity index (χ3n) is 4.61. The number of aryl methyl sites for hydroxylation is 1. The Morgan fingerprint density at radius 1 is 1.25 bits per heavy atom. The molecule has 1 N–H and O–H groups in total. The van der Waals surface area contributed by atoms with Gasteiger partial charge in [0.15, 0.2) is 0 Å². The normalized spacial score (nSPS) is 14.6. The van der Waals surface area contributed by atoms with Crippen molar-refractivity contribution in [1.82, 2.24) is 14.6 Å². The minimum absolute atomic E-state index is 0.0140. The number of fused-ring (bicyclic) bond motifs is 1. The first-order valence-electron chi connectivity index (χ1n) is 9.28. The van der Waals surface area contributed by atoms with Gasteiger partial charge in [-0.15, -0.1) is 0 Å². The molecule has 0 saturated carbocycles. The fourth-order valence-electron chi connectivity index (χ4n) is 3.08. The van der Waals surface area contributed by atoms with E-state index in [1.165, 1.54) is 10.6 Å². The Hall–Kier alpha value is -2.45. The summed E-state index contributed by atoms with van der Waals surface area (Å²) in [4.78, 5) is 16.3. The molecule has 0 unspecified atom stereocenters. The van der Waals surface area contributed by atoms with Gasteiger partial charge in [0, 0.05) is 49.9 Å². The molecule has 0 atom stereocenters. The van der Waals surface area contributed by atoms with Crippen LogP contribution in [0.2, 0.25) is 0 Å². The molecular formula is C20H25N3O4S. The quantitative estimate of drug-likeness (QED) is 0.757. The number of nitrogens with zero attached hydrogens (tertiary/aromatic N) is 2. The van der Waals surface area contributed by atoms with Crippen LogP contribution in [0.5, 0.6) is 5.75 Å². The maximum atomic E-state index is 12.1. The van der Waals surface area contributed by atoms with E-state index in [-0.39, 0.29) is 12.5 Å². The Bertz CT molecular complexity index is 916. The molecule has 8 heteroatoms. The fraction of sp³-hybridized carbons (Fsp3) is 0.400. The summed E-state index contributed by atoms with van der Waals surface area (Å²) in [5.41, 5.74) is 2.76. The first kappa shape index (κ1) is 20.3. The molecule has 1 aliphatic heterocycles. The molecule has 0 aliphatic carbocycles. The number of rotatable bonds is 7. The summed E-state index contributed by atoms with van der Waals surface area (Å²) < 4.78 is 30.8. The molecule has 1 aliphatic rings. The van der Waals surface area contributed by atoms with Crippen LogP contribution in [-0.2, 0) is 34.2 Å². The predicted molar refractivity (Wildman–Crippen MR) is 106 cm³/mol. The highest BCUT2D eigenvalue weighted by Crippen LogP contribution is 2.25. The molecule has 0 saturated heterocycles. The van der Waals surface area contributed by atoms with Crippen molar-refractivity contribution in [2.45, 2.75) is 25.8 Å². The first-order valence-corrected chi connectivity index (χ1v) is 11.1. The second-order valence-corrected chi connectivity index (χ2v) is 8.79. The minimum Gasteiger partial charge on any atom is -0.492 e. The fourth-order valence-corrected chi connectivity index (χ4v) is 3.86. The zero-order valence-corrected chi connectivity index (χ0v) is 16.7. The Kier molecular flexibility index (Phi) is 6.64. The van der Waals surface area contributed by atoms with Crippen molar-refractivity contribution in [3.63, 3.8) is 0 Å². The molecule has 7 nitrogen and oxygen atoms in total. The van der Waals surface area contributed by atoms with E-state index in [4.69, 9.17) is 4.74 Å². The number of nitrogens with one attached hydrogen (secondary N) is 1. The smallest absolute Gasteiger partial charge is 0.220 e. The molecule has 2 aromatic rings. The van der Waals surface area contributed by atoms with Crippen LogP contribution in [0.15, 0.2) is 42.6 Å². The third-order valence-corrected chi connectivity index (χ3v) is 5.86. The van der Waals surface area contributed by atoms with Crippen LogP contribution in [0.4, 0.5) is 0 Å². The van der Waals surface area contributed by atoms with E-state index in [1.807, 2.05) is 36.4 Å². The third kappa shape index (κ3) is 5.77. The van der Waals surface area contributed by atoms with Crippen LogP contribution in [0.25, 0.3) is 0 Å². The van der Waals surface area contributed by atoms with E-state index in [0.29, 0.717) is 44.7 Å². The van der Waals surface area contributed by atoms with Crippen LogP contribution in [0, 0.1) is 0 Å². The lowest BCUT2D eigenvalue weighted by molar-refractivity contribution is -0.121. The van der Waals surface area contributed by atoms with E-state index < -0.39 is 10.0 Å². The zero-order chi connectivity index (χ0) is 20.0. The number of pyridine rings is 1. The van der Waals surface area contributed by atoms with Gasteiger partial charge in [0.2, 0.25) is 15.9 Å². The van der Waals surface area contributed by atoms with E-state index in [2.05, 4.69) is 10.3 Å². The molecule has 150 valence electrons. The van der Waals surface area contributed by atoms with Gasteiger partial charge in [-0.2, -0.15) is 4.31 Å². The summed E-state index contributed by atoms with van der Waals surface area (Å²) in [5, 5.41) is 2.91. The van der Waals surface area contributed by atoms with Crippen molar-refractivity contribution in [1.29, 1.82) is 0 Å². The van der Waals surface area contributed by atoms with Crippen molar-refractivity contribution in [3.05, 3.63) is 59.4 Å². The highest BCUT2D eigenvalue weighted by Gasteiger charge is 2.22. The number of aromatic nitrogens is 1. The lowest BCUT2D eigenvalue weighted by atomic mass is 10.1. The highest BCUT2D eigenvalue weighted by atomic mass is 32.2. The van der Waals surface area contributed by atoms with Crippen molar-refractivity contribution >= 4 is 15.9 Å². The molecule has 1 amide bonds. The lowest BCUT2D eigenvalue weighted by Gasteiger charge is -2.16. The van der Waals surface area contributed by atoms with Gasteiger partial charge in [-0.05, 0) is 30.2 Å². The van der Waals surface area contributed by atoms with Crippen molar-refractivity contribution < 1.29 is 17.9 Å². The monoisotopic (exact) mass is 403 g/mol. The van der Waals surface area contributed by atoms with E-state index in [9.17, 15) is 13.2 Å². The summed E-state index contributed by atoms with van der Waals surface area (Å²) in [6, 6.07) is 11.4. The molecule has 1 aromatic carbocycles. The van der Waals surface area contributed by atoms with Gasteiger partial charge in [0.05, 0.1) is 6.26 Å². The average Bonchev–Trinajstić information content (AvgIpc) is 2.89. The van der Waals surface area contributed by atoms with Gasteiger partial charge in [0.25, 0.3) is 0 Å². The highest BCUT2D eigenvalue weighted by molar-refractivity contribution is 7.88. The van der Waals surface area contributed by atoms with E-state index >= 15 is 0 Å². The summed E-state index contributed by atoms with van der Waals surface area (Å²) in [6.07, 6.45) is 4.60. The number of ether oxygens (including phenoxy) is 1. The van der Waals surface area contributed by atoms with Crippen LogP contribution in [0.3, 0.4) is 0 Å². The molecule has 1 aromatic heterocycles. The van der Waals surface area contributed by atoms with Crippen LogP contribution in [-0.4, -0.2) is 49.6 Å². The number of amides is 1. The second kappa shape index (κ2) is 9.16. The Morgan fingerprint density at radius 3 is 2.86 bits per heavy atom. The van der Waals surface area contributed by atoms with Gasteiger partial charge in [-0.3, -0.25) is 9.78 Å². The van der Waals surface area contributed by atoms with Gasteiger partial charge in [0.1, 0.15) is 12.4 Å². The number of benzene rings is 1. The molecule has 0 bridgehead atoms. The van der Waals surface area contributed by atoms with Gasteiger partial charge in [-0.1, -0.05) is 18.2 Å². The molecule has 0 fully saturated rings. The lowest BCUT2D eigenvalue weighted by Crippen LogP contribution is -2.31. The van der Waals surface area contributed by atoms with Crippen LogP contribution < -0.4 is 10.1 Å². The number of sulfonamides is 1. The minimum atomic E-state index is -3.28. The van der Waals surface area contributed by atoms with Gasteiger partial charge in [-0.25, -0.2) is 8.42 Å². The van der Waals surface area contributed by atoms with Crippen molar-refractivity contribution in [3.8, 4) is 5.75 Å². The predicted octanol–water partition coefficient (Wildman–Crippen LogP) is 1.53. The second-order valence-electron chi connectivity index (χ2n) is 6.81. The molecular weight excluding hydrogens is 378 g/mol. The SMILES string of the molecule is CS(=O)(=O)N1CCOc2ccc(CCC(=O)NCCc3ccccn3)cc2C1. The molecule has 0 spiro atoms. The number of hydrogen-bond acceptors (Lipinski definition) is 5. The summed E-state index contributed by atoms with van der Waals surface area (Å²) in [6.45, 7) is 1.51. The number of carbonyl (C=O) groups is 1. The molecule has 2 heterocycles. The zero-order valence-electron chi connectivity index (χ0n) is 15.9. The first-order chi connectivity index (χ1) is 13.4. The van der Waals surface area contributed by atoms with Gasteiger partial charge < -0.3 is 10.1 Å². The van der Waals surface area contributed by atoms with Crippen molar-refractivity contribution in [2.75, 3.05) is 26.0 Å². The summed E-state index contributed by atoms with van der Waals surface area (Å²) in [5.74, 6) is 0.689. The van der Waals surface area contributed by atoms with Crippen molar-refractivity contribution in [2.24, 2.45) is 0 Å². The Balaban J connectivity index is 1.52. The Morgan fingerprint density at radius 2 is 2.11 bits per heavy atom. The molecule has 28 heavy (non-hydrogen) atoms. The number of hydrogen-bond donors (Lipinski definition) is 1. The summed E-state index contributed by atoms with van der Waals surface area (Å²) in [7, 11) is -3.28. The largest absolute Gasteiger partial charge is 0.492 e. The van der Waals surface area contributed by atoms with E-state index in [1.54, 1.807) is 6.20 Å². The Labute approximate surface area is 165 Å².